The van der Waals surface area contributed by atoms with Crippen molar-refractivity contribution in [3.63, 3.8) is 0 Å². The zero-order chi connectivity index (χ0) is 13.1. The summed E-state index contributed by atoms with van der Waals surface area (Å²) in [4.78, 5) is 13.2. The highest BCUT2D eigenvalue weighted by atomic mass is 79.9. The van der Waals surface area contributed by atoms with Crippen LogP contribution >= 0.6 is 15.9 Å². The molecular weight excluding hydrogens is 290 g/mol. The van der Waals surface area contributed by atoms with E-state index in [0.29, 0.717) is 5.56 Å². The van der Waals surface area contributed by atoms with Gasteiger partial charge in [-0.05, 0) is 42.8 Å². The first-order chi connectivity index (χ1) is 8.61. The Labute approximate surface area is 115 Å². The maximum Gasteiger partial charge on any atom is 0.152 e. The van der Waals surface area contributed by atoms with E-state index in [4.69, 9.17) is 0 Å². The Hall–Kier alpha value is -1.61. The number of benzene rings is 2. The molecule has 0 amide bonds. The van der Waals surface area contributed by atoms with E-state index >= 15 is 0 Å². The number of anilines is 2. The van der Waals surface area contributed by atoms with Gasteiger partial charge >= 0.3 is 0 Å². The van der Waals surface area contributed by atoms with Crippen LogP contribution in [0.2, 0.25) is 0 Å². The van der Waals surface area contributed by atoms with Gasteiger partial charge in [-0.15, -0.1) is 0 Å². The van der Waals surface area contributed by atoms with Crippen molar-refractivity contribution in [3.8, 4) is 0 Å². The second-order valence-electron chi connectivity index (χ2n) is 4.22. The van der Waals surface area contributed by atoms with Crippen molar-refractivity contribution in [2.24, 2.45) is 0 Å². The molecule has 0 atom stereocenters. The van der Waals surface area contributed by atoms with Crippen LogP contribution in [0.15, 0.2) is 46.9 Å². The van der Waals surface area contributed by atoms with Gasteiger partial charge in [-0.25, -0.2) is 0 Å². The lowest BCUT2D eigenvalue weighted by atomic mass is 10.1. The quantitative estimate of drug-likeness (QED) is 0.786. The third-order valence-electron chi connectivity index (χ3n) is 2.87. The van der Waals surface area contributed by atoms with Crippen LogP contribution in [0.5, 0.6) is 0 Å². The summed E-state index contributed by atoms with van der Waals surface area (Å²) >= 11 is 3.38. The summed E-state index contributed by atoms with van der Waals surface area (Å²) in [5.41, 5.74) is 3.84. The minimum Gasteiger partial charge on any atom is -0.344 e. The van der Waals surface area contributed by atoms with E-state index in [0.717, 1.165) is 22.1 Å². The fraction of sp³-hybridized carbons (Fsp3) is 0.133. The zero-order valence-electron chi connectivity index (χ0n) is 10.4. The van der Waals surface area contributed by atoms with Gasteiger partial charge in [0.2, 0.25) is 0 Å². The van der Waals surface area contributed by atoms with E-state index in [2.05, 4.69) is 35.0 Å². The predicted molar refractivity (Wildman–Crippen MR) is 78.8 cm³/mol. The highest BCUT2D eigenvalue weighted by molar-refractivity contribution is 9.10. The molecule has 0 heterocycles. The Balaban J connectivity index is 2.45. The molecule has 0 radical (unpaired) electrons. The molecule has 18 heavy (non-hydrogen) atoms. The molecule has 0 fully saturated rings. The Morgan fingerprint density at radius 1 is 1.17 bits per heavy atom. The Morgan fingerprint density at radius 2 is 1.94 bits per heavy atom. The normalized spacial score (nSPS) is 10.2. The van der Waals surface area contributed by atoms with Crippen LogP contribution in [0, 0.1) is 6.92 Å². The Bertz CT molecular complexity index is 580. The summed E-state index contributed by atoms with van der Waals surface area (Å²) in [6.45, 7) is 2.06. The SMILES string of the molecule is Cc1cccc(N(C)c2ccc(Br)cc2C=O)c1. The molecule has 0 spiro atoms. The molecule has 2 aromatic carbocycles. The summed E-state index contributed by atoms with van der Waals surface area (Å²) in [7, 11) is 1.96. The van der Waals surface area contributed by atoms with Crippen LogP contribution in [0.4, 0.5) is 11.4 Å². The molecule has 0 aromatic heterocycles. The first-order valence-corrected chi connectivity index (χ1v) is 6.46. The number of hydrogen-bond donors (Lipinski definition) is 0. The molecule has 3 heteroatoms. The average molecular weight is 304 g/mol. The number of halogens is 1. The standard InChI is InChI=1S/C15H14BrNO/c1-11-4-3-5-14(8-11)17(2)15-7-6-13(16)9-12(15)10-18/h3-10H,1-2H3. The first kappa shape index (κ1) is 12.8. The molecular formula is C15H14BrNO. The summed E-state index contributed by atoms with van der Waals surface area (Å²) in [5, 5.41) is 0. The lowest BCUT2D eigenvalue weighted by Crippen LogP contribution is -2.11. The van der Waals surface area contributed by atoms with Crippen molar-refractivity contribution >= 4 is 33.6 Å². The van der Waals surface area contributed by atoms with E-state index in [9.17, 15) is 4.79 Å². The zero-order valence-corrected chi connectivity index (χ0v) is 11.9. The molecule has 2 rings (SSSR count). The molecule has 92 valence electrons. The molecule has 0 saturated heterocycles. The summed E-state index contributed by atoms with van der Waals surface area (Å²) in [6.07, 6.45) is 0.881. The van der Waals surface area contributed by atoms with Crippen molar-refractivity contribution in [2.75, 3.05) is 11.9 Å². The second-order valence-corrected chi connectivity index (χ2v) is 5.13. The largest absolute Gasteiger partial charge is 0.344 e. The molecule has 0 N–H and O–H groups in total. The van der Waals surface area contributed by atoms with Gasteiger partial charge in [0.1, 0.15) is 0 Å². The average Bonchev–Trinajstić information content (AvgIpc) is 2.37. The van der Waals surface area contributed by atoms with E-state index in [-0.39, 0.29) is 0 Å². The van der Waals surface area contributed by atoms with E-state index in [1.165, 1.54) is 5.56 Å². The third kappa shape index (κ3) is 2.62. The van der Waals surface area contributed by atoms with Gasteiger partial charge in [-0.3, -0.25) is 4.79 Å². The molecule has 2 aromatic rings. The topological polar surface area (TPSA) is 20.3 Å². The van der Waals surface area contributed by atoms with Gasteiger partial charge in [0.05, 0.1) is 5.69 Å². The van der Waals surface area contributed by atoms with Crippen molar-refractivity contribution in [3.05, 3.63) is 58.1 Å². The van der Waals surface area contributed by atoms with E-state index < -0.39 is 0 Å². The summed E-state index contributed by atoms with van der Waals surface area (Å²) < 4.78 is 0.908. The number of carbonyl (C=O) groups is 1. The van der Waals surface area contributed by atoms with Gasteiger partial charge in [-0.2, -0.15) is 0 Å². The Kier molecular flexibility index (Phi) is 3.82. The number of nitrogens with zero attached hydrogens (tertiary/aromatic N) is 1. The highest BCUT2D eigenvalue weighted by Crippen LogP contribution is 2.28. The maximum atomic E-state index is 11.1. The van der Waals surface area contributed by atoms with Gasteiger partial charge in [0, 0.05) is 22.8 Å². The maximum absolute atomic E-state index is 11.1. The van der Waals surface area contributed by atoms with Crippen molar-refractivity contribution in [2.45, 2.75) is 6.92 Å². The van der Waals surface area contributed by atoms with Crippen LogP contribution in [0.25, 0.3) is 0 Å². The van der Waals surface area contributed by atoms with Crippen LogP contribution in [0.1, 0.15) is 15.9 Å². The van der Waals surface area contributed by atoms with Gasteiger partial charge < -0.3 is 4.90 Å². The molecule has 0 aliphatic rings. The summed E-state index contributed by atoms with van der Waals surface area (Å²) in [5.74, 6) is 0. The van der Waals surface area contributed by atoms with Crippen molar-refractivity contribution in [1.29, 1.82) is 0 Å². The number of rotatable bonds is 3. The molecule has 0 saturated carbocycles. The minimum atomic E-state index is 0.674. The van der Waals surface area contributed by atoms with Crippen molar-refractivity contribution in [1.82, 2.24) is 0 Å². The number of carbonyl (C=O) groups excluding carboxylic acids is 1. The predicted octanol–water partition coefficient (Wildman–Crippen LogP) is 4.34. The third-order valence-corrected chi connectivity index (χ3v) is 3.36. The molecule has 0 unspecified atom stereocenters. The molecule has 0 aliphatic carbocycles. The smallest absolute Gasteiger partial charge is 0.152 e. The lowest BCUT2D eigenvalue weighted by molar-refractivity contribution is 0.112. The van der Waals surface area contributed by atoms with Crippen LogP contribution < -0.4 is 4.90 Å². The fourth-order valence-corrected chi connectivity index (χ4v) is 2.28. The minimum absolute atomic E-state index is 0.674. The molecule has 0 bridgehead atoms. The number of aldehydes is 1. The van der Waals surface area contributed by atoms with Gasteiger partial charge in [0.25, 0.3) is 0 Å². The van der Waals surface area contributed by atoms with Gasteiger partial charge in [-0.1, -0.05) is 28.1 Å². The molecule has 0 aliphatic heterocycles. The lowest BCUT2D eigenvalue weighted by Gasteiger charge is -2.21. The van der Waals surface area contributed by atoms with Crippen LogP contribution in [-0.2, 0) is 0 Å². The number of aryl methyl sites for hydroxylation is 1. The van der Waals surface area contributed by atoms with E-state index in [1.54, 1.807) is 0 Å². The van der Waals surface area contributed by atoms with Gasteiger partial charge in [0.15, 0.2) is 6.29 Å². The fourth-order valence-electron chi connectivity index (χ4n) is 1.90. The summed E-state index contributed by atoms with van der Waals surface area (Å²) in [6, 6.07) is 13.9. The molecule has 2 nitrogen and oxygen atoms in total. The van der Waals surface area contributed by atoms with Crippen LogP contribution in [-0.4, -0.2) is 13.3 Å². The van der Waals surface area contributed by atoms with E-state index in [1.807, 2.05) is 42.3 Å². The first-order valence-electron chi connectivity index (χ1n) is 5.67. The second kappa shape index (κ2) is 5.36. The van der Waals surface area contributed by atoms with Crippen molar-refractivity contribution < 1.29 is 4.79 Å². The Morgan fingerprint density at radius 3 is 2.61 bits per heavy atom. The number of hydrogen-bond acceptors (Lipinski definition) is 2. The van der Waals surface area contributed by atoms with Crippen LogP contribution in [0.3, 0.4) is 0 Å². The highest BCUT2D eigenvalue weighted by Gasteiger charge is 2.09. The monoisotopic (exact) mass is 303 g/mol.